The number of rotatable bonds is 9. The lowest BCUT2D eigenvalue weighted by Crippen LogP contribution is -2.31. The third kappa shape index (κ3) is 6.71. The number of benzene rings is 3. The number of fused-ring (bicyclic) bond motifs is 1. The van der Waals surface area contributed by atoms with E-state index >= 15 is 0 Å². The van der Waals surface area contributed by atoms with Crippen LogP contribution in [0.25, 0.3) is 10.9 Å². The van der Waals surface area contributed by atoms with Crippen LogP contribution in [0.3, 0.4) is 0 Å². The van der Waals surface area contributed by atoms with Gasteiger partial charge in [-0.05, 0) is 66.9 Å². The maximum atomic E-state index is 13.4. The van der Waals surface area contributed by atoms with Crippen LogP contribution in [0.4, 0.5) is 10.1 Å². The predicted molar refractivity (Wildman–Crippen MR) is 149 cm³/mol. The minimum absolute atomic E-state index is 0.00593. The van der Waals surface area contributed by atoms with Crippen molar-refractivity contribution in [2.45, 2.75) is 30.6 Å². The molecular formula is C29H27FN4O4S. The van der Waals surface area contributed by atoms with Crippen LogP contribution in [0.2, 0.25) is 0 Å². The van der Waals surface area contributed by atoms with Crippen LogP contribution in [0.1, 0.15) is 28.8 Å². The fraction of sp³-hybridized carbons (Fsp3) is 0.241. The molecule has 0 spiro atoms. The number of nitrogens with one attached hydrogen (secondary N) is 2. The van der Waals surface area contributed by atoms with Gasteiger partial charge in [0.2, 0.25) is 5.91 Å². The van der Waals surface area contributed by atoms with Gasteiger partial charge in [-0.3, -0.25) is 19.0 Å². The lowest BCUT2D eigenvalue weighted by molar-refractivity contribution is -0.113. The van der Waals surface area contributed by atoms with Gasteiger partial charge < -0.3 is 15.4 Å². The second kappa shape index (κ2) is 12.2. The van der Waals surface area contributed by atoms with Crippen molar-refractivity contribution < 1.29 is 18.7 Å². The van der Waals surface area contributed by atoms with E-state index in [4.69, 9.17) is 4.74 Å². The van der Waals surface area contributed by atoms with E-state index in [1.54, 1.807) is 48.5 Å². The molecule has 1 atom stereocenters. The Balaban J connectivity index is 1.31. The van der Waals surface area contributed by atoms with Crippen LogP contribution in [0.15, 0.2) is 82.7 Å². The summed E-state index contributed by atoms with van der Waals surface area (Å²) in [5.74, 6) is -0.866. The number of nitrogens with zero attached hydrogens (tertiary/aromatic N) is 2. The summed E-state index contributed by atoms with van der Waals surface area (Å²) in [6, 6.07) is 19.6. The standard InChI is InChI=1S/C29H27FN4O4S/c30-21-11-13-22(14-12-21)32-26(35)18-39-29-33-25-6-2-1-5-24(25)28(37)34(29)17-19-7-9-20(10-8-19)27(36)31-16-23-4-3-15-38-23/h1-2,5-14,23H,3-4,15-18H2,(H,31,36)(H,32,35). The maximum absolute atomic E-state index is 13.4. The molecule has 5 rings (SSSR count). The monoisotopic (exact) mass is 546 g/mol. The number of hydrogen-bond donors (Lipinski definition) is 2. The highest BCUT2D eigenvalue weighted by molar-refractivity contribution is 7.99. The first-order chi connectivity index (χ1) is 19.0. The predicted octanol–water partition coefficient (Wildman–Crippen LogP) is 4.22. The van der Waals surface area contributed by atoms with Crippen LogP contribution in [0.5, 0.6) is 0 Å². The largest absolute Gasteiger partial charge is 0.376 e. The number of thioether (sulfide) groups is 1. The Morgan fingerprint density at radius 3 is 2.56 bits per heavy atom. The van der Waals surface area contributed by atoms with Crippen molar-refractivity contribution in [2.75, 3.05) is 24.2 Å². The normalized spacial score (nSPS) is 14.8. The van der Waals surface area contributed by atoms with Gasteiger partial charge in [0.1, 0.15) is 5.82 Å². The molecule has 0 bridgehead atoms. The van der Waals surface area contributed by atoms with Crippen molar-refractivity contribution in [3.63, 3.8) is 0 Å². The van der Waals surface area contributed by atoms with Gasteiger partial charge in [0.05, 0.1) is 29.3 Å². The van der Waals surface area contributed by atoms with Crippen molar-refractivity contribution in [3.05, 3.63) is 100 Å². The third-order valence-electron chi connectivity index (χ3n) is 6.36. The molecule has 8 nitrogen and oxygen atoms in total. The van der Waals surface area contributed by atoms with Crippen molar-refractivity contribution in [2.24, 2.45) is 0 Å². The number of carbonyl (C=O) groups excluding carboxylic acids is 2. The molecule has 2 amide bonds. The Bertz CT molecular complexity index is 1530. The summed E-state index contributed by atoms with van der Waals surface area (Å²) in [5, 5.41) is 6.49. The van der Waals surface area contributed by atoms with Crippen LogP contribution >= 0.6 is 11.8 Å². The van der Waals surface area contributed by atoms with Crippen molar-refractivity contribution in [1.29, 1.82) is 0 Å². The smallest absolute Gasteiger partial charge is 0.262 e. The quantitative estimate of drug-likeness (QED) is 0.241. The number of halogens is 1. The van der Waals surface area contributed by atoms with Crippen molar-refractivity contribution in [1.82, 2.24) is 14.9 Å². The topological polar surface area (TPSA) is 102 Å². The lowest BCUT2D eigenvalue weighted by Gasteiger charge is -2.14. The second-order valence-electron chi connectivity index (χ2n) is 9.19. The van der Waals surface area contributed by atoms with Crippen LogP contribution in [0, 0.1) is 5.82 Å². The van der Waals surface area contributed by atoms with Gasteiger partial charge in [-0.15, -0.1) is 0 Å². The summed E-state index contributed by atoms with van der Waals surface area (Å²) >= 11 is 1.14. The summed E-state index contributed by atoms with van der Waals surface area (Å²) in [7, 11) is 0. The number of carbonyl (C=O) groups is 2. The Kier molecular flexibility index (Phi) is 8.33. The molecule has 1 unspecified atom stereocenters. The average Bonchev–Trinajstić information content (AvgIpc) is 3.48. The highest BCUT2D eigenvalue weighted by Gasteiger charge is 2.17. The minimum Gasteiger partial charge on any atom is -0.376 e. The molecule has 10 heteroatoms. The molecule has 1 aromatic heterocycles. The number of anilines is 1. The zero-order valence-electron chi connectivity index (χ0n) is 21.1. The van der Waals surface area contributed by atoms with Gasteiger partial charge >= 0.3 is 0 Å². The summed E-state index contributed by atoms with van der Waals surface area (Å²) in [4.78, 5) is 43.1. The molecule has 0 radical (unpaired) electrons. The molecule has 0 saturated carbocycles. The first kappa shape index (κ1) is 26.6. The first-order valence-electron chi connectivity index (χ1n) is 12.6. The van der Waals surface area contributed by atoms with Gasteiger partial charge in [0.25, 0.3) is 11.5 Å². The summed E-state index contributed by atoms with van der Waals surface area (Å²) < 4.78 is 20.2. The molecule has 0 aliphatic carbocycles. The van der Waals surface area contributed by atoms with E-state index in [1.165, 1.54) is 28.8 Å². The average molecular weight is 547 g/mol. The van der Waals surface area contributed by atoms with Crippen molar-refractivity contribution >= 4 is 40.2 Å². The molecule has 39 heavy (non-hydrogen) atoms. The first-order valence-corrected chi connectivity index (χ1v) is 13.6. The number of aromatic nitrogens is 2. The van der Waals surface area contributed by atoms with E-state index in [-0.39, 0.29) is 41.6 Å². The molecule has 1 aliphatic heterocycles. The van der Waals surface area contributed by atoms with Crippen molar-refractivity contribution in [3.8, 4) is 0 Å². The molecule has 4 aromatic rings. The maximum Gasteiger partial charge on any atom is 0.262 e. The van der Waals surface area contributed by atoms with Gasteiger partial charge in [0, 0.05) is 24.4 Å². The second-order valence-corrected chi connectivity index (χ2v) is 10.1. The Morgan fingerprint density at radius 2 is 1.82 bits per heavy atom. The third-order valence-corrected chi connectivity index (χ3v) is 7.33. The SMILES string of the molecule is O=C(CSc1nc2ccccc2c(=O)n1Cc1ccc(C(=O)NCC2CCCO2)cc1)Nc1ccc(F)cc1. The fourth-order valence-electron chi connectivity index (χ4n) is 4.32. The number of ether oxygens (including phenoxy) is 1. The molecule has 2 heterocycles. The van der Waals surface area contributed by atoms with Crippen LogP contribution in [-0.2, 0) is 16.1 Å². The number of para-hydroxylation sites is 1. The highest BCUT2D eigenvalue weighted by Crippen LogP contribution is 2.20. The molecule has 1 saturated heterocycles. The zero-order valence-corrected chi connectivity index (χ0v) is 21.9. The summed E-state index contributed by atoms with van der Waals surface area (Å²) in [5.41, 5.74) is 2.12. The molecule has 200 valence electrons. The van der Waals surface area contributed by atoms with E-state index in [0.29, 0.717) is 33.9 Å². The van der Waals surface area contributed by atoms with Crippen LogP contribution < -0.4 is 16.2 Å². The van der Waals surface area contributed by atoms with E-state index in [9.17, 15) is 18.8 Å². The Morgan fingerprint density at radius 1 is 1.05 bits per heavy atom. The fourth-order valence-corrected chi connectivity index (χ4v) is 5.11. The molecule has 1 fully saturated rings. The molecule has 1 aliphatic rings. The Labute approximate surface area is 228 Å². The minimum atomic E-state index is -0.390. The lowest BCUT2D eigenvalue weighted by atomic mass is 10.1. The number of hydrogen-bond acceptors (Lipinski definition) is 6. The zero-order chi connectivity index (χ0) is 27.2. The van der Waals surface area contributed by atoms with E-state index < -0.39 is 0 Å². The van der Waals surface area contributed by atoms with E-state index in [2.05, 4.69) is 15.6 Å². The van der Waals surface area contributed by atoms with Gasteiger partial charge in [0.15, 0.2) is 5.16 Å². The van der Waals surface area contributed by atoms with E-state index in [1.807, 2.05) is 0 Å². The van der Waals surface area contributed by atoms with Crippen LogP contribution in [-0.4, -0.2) is 46.4 Å². The van der Waals surface area contributed by atoms with Gasteiger partial charge in [-0.1, -0.05) is 36.0 Å². The summed E-state index contributed by atoms with van der Waals surface area (Å²) in [6.45, 7) is 1.43. The van der Waals surface area contributed by atoms with Gasteiger partial charge in [-0.2, -0.15) is 0 Å². The van der Waals surface area contributed by atoms with Gasteiger partial charge in [-0.25, -0.2) is 9.37 Å². The van der Waals surface area contributed by atoms with E-state index in [0.717, 1.165) is 36.8 Å². The molecule has 2 N–H and O–H groups in total. The highest BCUT2D eigenvalue weighted by atomic mass is 32.2. The number of amides is 2. The molecule has 3 aromatic carbocycles. The Hall–Kier alpha value is -4.02. The molecular weight excluding hydrogens is 519 g/mol. The summed E-state index contributed by atoms with van der Waals surface area (Å²) in [6.07, 6.45) is 2.02.